The second kappa shape index (κ2) is 13.2. The molecule has 212 valence electrons. The summed E-state index contributed by atoms with van der Waals surface area (Å²) in [6.07, 6.45) is -1.36. The normalized spacial score (nSPS) is 18.4. The molecule has 1 aromatic carbocycles. The number of amides is 2. The summed E-state index contributed by atoms with van der Waals surface area (Å²) in [4.78, 5) is 66.3. The molecule has 1 unspecified atom stereocenters. The van der Waals surface area contributed by atoms with Crippen molar-refractivity contribution in [1.29, 1.82) is 0 Å². The maximum absolute atomic E-state index is 13.3. The predicted octanol–water partition coefficient (Wildman–Crippen LogP) is 2.08. The van der Waals surface area contributed by atoms with Gasteiger partial charge in [0.1, 0.15) is 11.7 Å². The van der Waals surface area contributed by atoms with Gasteiger partial charge in [0.2, 0.25) is 5.91 Å². The molecule has 12 nitrogen and oxygen atoms in total. The zero-order valence-electron chi connectivity index (χ0n) is 22.5. The molecule has 0 saturated carbocycles. The second-order valence-electron chi connectivity index (χ2n) is 9.98. The van der Waals surface area contributed by atoms with E-state index in [1.54, 1.807) is 19.1 Å². The van der Waals surface area contributed by atoms with E-state index in [9.17, 15) is 34.2 Å². The molecule has 0 spiro atoms. The smallest absolute Gasteiger partial charge is 0.508 e. The van der Waals surface area contributed by atoms with Gasteiger partial charge in [0.25, 0.3) is 11.9 Å². The summed E-state index contributed by atoms with van der Waals surface area (Å²) < 4.78 is 10.8. The first-order valence-corrected chi connectivity index (χ1v) is 12.9. The molecule has 1 aromatic heterocycles. The van der Waals surface area contributed by atoms with Crippen molar-refractivity contribution < 1.29 is 43.5 Å². The van der Waals surface area contributed by atoms with Crippen molar-refractivity contribution in [1.82, 2.24) is 15.6 Å². The number of aliphatic carboxylic acids is 2. The number of aromatic nitrogens is 1. The summed E-state index contributed by atoms with van der Waals surface area (Å²) in [5.74, 6) is -6.35. The number of benzene rings is 1. The highest BCUT2D eigenvalue weighted by Gasteiger charge is 2.54. The lowest BCUT2D eigenvalue weighted by molar-refractivity contribution is -0.175. The third-order valence-corrected chi connectivity index (χ3v) is 6.31. The van der Waals surface area contributed by atoms with Crippen LogP contribution in [0.4, 0.5) is 0 Å². The Labute approximate surface area is 231 Å². The van der Waals surface area contributed by atoms with Gasteiger partial charge in [0, 0.05) is 5.56 Å². The summed E-state index contributed by atoms with van der Waals surface area (Å²) in [6.45, 7) is 5.35. The molecular weight excluding hydrogens is 521 g/mol. The monoisotopic (exact) mass is 553 g/mol. The van der Waals surface area contributed by atoms with E-state index in [0.717, 1.165) is 5.56 Å². The highest BCUT2D eigenvalue weighted by Crippen LogP contribution is 2.30. The molecule has 2 aromatic rings. The molecule has 2 heterocycles. The fourth-order valence-electron chi connectivity index (χ4n) is 4.35. The zero-order chi connectivity index (χ0) is 29.4. The quantitative estimate of drug-likeness (QED) is 0.284. The van der Waals surface area contributed by atoms with Gasteiger partial charge >= 0.3 is 19.1 Å². The summed E-state index contributed by atoms with van der Waals surface area (Å²) >= 11 is 0. The molecule has 1 aliphatic heterocycles. The Morgan fingerprint density at radius 3 is 2.35 bits per heavy atom. The Hall–Kier alpha value is -4.26. The summed E-state index contributed by atoms with van der Waals surface area (Å²) in [5, 5.41) is 24.3. The minimum atomic E-state index is -2.35. The first-order chi connectivity index (χ1) is 18.9. The first kappa shape index (κ1) is 30.3. The van der Waals surface area contributed by atoms with Gasteiger partial charge in [-0.1, -0.05) is 57.2 Å². The lowest BCUT2D eigenvalue weighted by atomic mass is 9.70. The summed E-state index contributed by atoms with van der Waals surface area (Å²) in [5.41, 5.74) is -0.835. The van der Waals surface area contributed by atoms with E-state index in [0.29, 0.717) is 5.69 Å². The van der Waals surface area contributed by atoms with Crippen LogP contribution in [0.2, 0.25) is 0 Å². The molecule has 3 atom stereocenters. The fourth-order valence-corrected chi connectivity index (χ4v) is 4.35. The van der Waals surface area contributed by atoms with Gasteiger partial charge in [-0.3, -0.25) is 19.2 Å². The average Bonchev–Trinajstić information content (AvgIpc) is 2.90. The van der Waals surface area contributed by atoms with Crippen molar-refractivity contribution in [2.45, 2.75) is 64.0 Å². The number of carboxylic acids is 2. The molecule has 0 radical (unpaired) electrons. The number of nitrogens with one attached hydrogen (secondary N) is 2. The van der Waals surface area contributed by atoms with Gasteiger partial charge in [0.15, 0.2) is 5.60 Å². The highest BCUT2D eigenvalue weighted by molar-refractivity contribution is 6.50. The van der Waals surface area contributed by atoms with Crippen molar-refractivity contribution in [3.05, 3.63) is 54.2 Å². The van der Waals surface area contributed by atoms with Crippen molar-refractivity contribution in [3.8, 4) is 11.3 Å². The molecule has 3 rings (SSSR count). The minimum Gasteiger partial charge on any atom is -0.508 e. The third kappa shape index (κ3) is 7.66. The molecule has 0 aliphatic carbocycles. The van der Waals surface area contributed by atoms with Gasteiger partial charge in [-0.2, -0.15) is 0 Å². The van der Waals surface area contributed by atoms with Crippen LogP contribution in [0.3, 0.4) is 0 Å². The topological polar surface area (TPSA) is 181 Å². The average molecular weight is 553 g/mol. The van der Waals surface area contributed by atoms with Crippen molar-refractivity contribution in [2.75, 3.05) is 0 Å². The van der Waals surface area contributed by atoms with Crippen molar-refractivity contribution in [2.24, 2.45) is 5.92 Å². The number of nitrogens with zero attached hydrogens (tertiary/aromatic N) is 1. The van der Waals surface area contributed by atoms with E-state index in [1.165, 1.54) is 6.07 Å². The number of hydrogen-bond acceptors (Lipinski definition) is 8. The highest BCUT2D eigenvalue weighted by atomic mass is 16.6. The maximum atomic E-state index is 13.3. The van der Waals surface area contributed by atoms with Gasteiger partial charge in [-0.05, 0) is 30.9 Å². The van der Waals surface area contributed by atoms with Gasteiger partial charge in [-0.15, -0.1) is 0 Å². The predicted molar refractivity (Wildman–Crippen MR) is 143 cm³/mol. The van der Waals surface area contributed by atoms with Crippen molar-refractivity contribution >= 4 is 36.8 Å². The van der Waals surface area contributed by atoms with Crippen LogP contribution < -0.4 is 10.6 Å². The molecule has 2 amide bonds. The molecular formula is C27H32BN3O9. The Morgan fingerprint density at radius 2 is 1.75 bits per heavy atom. The Bertz CT molecular complexity index is 1250. The molecule has 1 saturated heterocycles. The zero-order valence-corrected chi connectivity index (χ0v) is 22.5. The van der Waals surface area contributed by atoms with Gasteiger partial charge in [-0.25, -0.2) is 9.78 Å². The van der Waals surface area contributed by atoms with Crippen LogP contribution in [-0.2, 0) is 28.5 Å². The maximum Gasteiger partial charge on any atom is 0.552 e. The second-order valence-corrected chi connectivity index (χ2v) is 9.98. The number of pyridine rings is 1. The lowest BCUT2D eigenvalue weighted by Gasteiger charge is -2.38. The molecule has 13 heteroatoms. The Kier molecular flexibility index (Phi) is 10.00. The van der Waals surface area contributed by atoms with Crippen LogP contribution in [0, 0.1) is 5.92 Å². The fraction of sp³-hybridized carbons (Fsp3) is 0.407. The molecule has 4 N–H and O–H groups in total. The number of hydrogen-bond donors (Lipinski definition) is 4. The number of carbonyl (C=O) groups is 5. The van der Waals surface area contributed by atoms with Crippen LogP contribution in [-0.4, -0.2) is 69.6 Å². The van der Waals surface area contributed by atoms with Crippen LogP contribution in [0.1, 0.15) is 56.9 Å². The number of carboxylic acid groups (broad SMARTS) is 2. The van der Waals surface area contributed by atoms with Crippen molar-refractivity contribution in [3.63, 3.8) is 0 Å². The van der Waals surface area contributed by atoms with Crippen LogP contribution in [0.25, 0.3) is 11.3 Å². The number of carbonyl (C=O) groups excluding carboxylic acids is 3. The van der Waals surface area contributed by atoms with E-state index in [-0.39, 0.29) is 24.5 Å². The summed E-state index contributed by atoms with van der Waals surface area (Å²) in [6, 6.07) is 13.3. The molecule has 1 aliphatic rings. The summed E-state index contributed by atoms with van der Waals surface area (Å²) in [7, 11) is -1.56. The number of rotatable bonds is 12. The van der Waals surface area contributed by atoms with Gasteiger partial charge in [0.05, 0.1) is 24.5 Å². The largest absolute Gasteiger partial charge is 0.552 e. The van der Waals surface area contributed by atoms with E-state index < -0.39 is 67.3 Å². The molecule has 1 fully saturated rings. The molecule has 0 bridgehead atoms. The molecule has 40 heavy (non-hydrogen) atoms. The Balaban J connectivity index is 1.77. The SMILES string of the molecule is CC[C@H](NC(=O)c1cccc(-c2ccccc2)n1)C(=O)N[C@@H](CC(C)C)B1OC(=O)CC(CC(=O)O)(C(=O)O)O1. The van der Waals surface area contributed by atoms with E-state index in [1.807, 2.05) is 44.2 Å². The minimum absolute atomic E-state index is 0.0622. The first-order valence-electron chi connectivity index (χ1n) is 12.9. The van der Waals surface area contributed by atoms with Crippen LogP contribution in [0.15, 0.2) is 48.5 Å². The Morgan fingerprint density at radius 1 is 1.05 bits per heavy atom. The van der Waals surface area contributed by atoms with E-state index in [4.69, 9.17) is 9.31 Å². The third-order valence-electron chi connectivity index (χ3n) is 6.31. The van der Waals surface area contributed by atoms with E-state index in [2.05, 4.69) is 15.6 Å². The lowest BCUT2D eigenvalue weighted by Crippen LogP contribution is -2.62. The van der Waals surface area contributed by atoms with Crippen LogP contribution in [0.5, 0.6) is 0 Å². The van der Waals surface area contributed by atoms with E-state index >= 15 is 0 Å². The standard InChI is InChI=1S/C27H32BN3O9/c1-4-18(30-25(36)20-12-8-11-19(29-20)17-9-6-5-7-10-17)24(35)31-21(13-16(2)3)28-39-23(34)15-27(40-28,26(37)38)14-22(32)33/h5-12,16,18,21H,4,13-15H2,1-3H3,(H,30,36)(H,31,35)(H,32,33)(H,37,38)/t18-,21-,27?/m0/s1. The van der Waals surface area contributed by atoms with Gasteiger partial charge < -0.3 is 30.2 Å². The van der Waals surface area contributed by atoms with Crippen LogP contribution >= 0.6 is 0 Å².